The van der Waals surface area contributed by atoms with Crippen LogP contribution in [-0.2, 0) is 0 Å². The van der Waals surface area contributed by atoms with Gasteiger partial charge in [0.05, 0.1) is 0 Å². The quantitative estimate of drug-likeness (QED) is 0.881. The van der Waals surface area contributed by atoms with E-state index in [1.165, 1.54) is 16.9 Å². The molecule has 2 aromatic carbocycles. The average molecular weight is 301 g/mol. The van der Waals surface area contributed by atoms with E-state index in [0.29, 0.717) is 6.04 Å². The number of nitrogens with zero attached hydrogens (tertiary/aromatic N) is 1. The van der Waals surface area contributed by atoms with Gasteiger partial charge in [0.25, 0.3) is 0 Å². The van der Waals surface area contributed by atoms with Crippen LogP contribution < -0.4 is 10.2 Å². The minimum Gasteiger partial charge on any atom is -0.382 e. The van der Waals surface area contributed by atoms with Crippen LogP contribution in [0, 0.1) is 6.92 Å². The Morgan fingerprint density at radius 3 is 2.43 bits per heavy atom. The van der Waals surface area contributed by atoms with E-state index in [-0.39, 0.29) is 0 Å². The molecule has 0 unspecified atom stereocenters. The molecule has 2 nitrogen and oxygen atoms in total. The van der Waals surface area contributed by atoms with Gasteiger partial charge in [0.2, 0.25) is 0 Å². The molecule has 0 amide bonds. The van der Waals surface area contributed by atoms with Crippen molar-refractivity contribution < 1.29 is 0 Å². The average Bonchev–Trinajstić information content (AvgIpc) is 2.52. The van der Waals surface area contributed by atoms with Crippen LogP contribution in [0.4, 0.5) is 11.4 Å². The maximum atomic E-state index is 6.01. The van der Waals surface area contributed by atoms with Crippen molar-refractivity contribution in [3.63, 3.8) is 0 Å². The molecule has 0 radical (unpaired) electrons. The second-order valence-corrected chi connectivity index (χ2v) is 6.14. The van der Waals surface area contributed by atoms with Crippen molar-refractivity contribution in [2.24, 2.45) is 0 Å². The zero-order valence-corrected chi connectivity index (χ0v) is 13.1. The molecule has 0 spiro atoms. The van der Waals surface area contributed by atoms with Gasteiger partial charge in [-0.1, -0.05) is 29.8 Å². The molecule has 3 heteroatoms. The van der Waals surface area contributed by atoms with Crippen LogP contribution in [0.25, 0.3) is 0 Å². The van der Waals surface area contributed by atoms with Gasteiger partial charge in [-0.05, 0) is 55.7 Å². The molecule has 110 valence electrons. The largest absolute Gasteiger partial charge is 0.382 e. The molecule has 2 aromatic rings. The van der Waals surface area contributed by atoms with Crippen molar-refractivity contribution in [2.75, 3.05) is 23.3 Å². The highest BCUT2D eigenvalue weighted by Crippen LogP contribution is 2.24. The number of aryl methyl sites for hydroxylation is 1. The number of anilines is 2. The van der Waals surface area contributed by atoms with Gasteiger partial charge in [-0.15, -0.1) is 0 Å². The van der Waals surface area contributed by atoms with E-state index in [0.717, 1.165) is 31.0 Å². The molecule has 21 heavy (non-hydrogen) atoms. The number of nitrogens with one attached hydrogen (secondary N) is 1. The van der Waals surface area contributed by atoms with Crippen molar-refractivity contribution >= 4 is 23.0 Å². The van der Waals surface area contributed by atoms with Gasteiger partial charge >= 0.3 is 0 Å². The molecular formula is C18H21ClN2. The van der Waals surface area contributed by atoms with Gasteiger partial charge in [0.1, 0.15) is 0 Å². The lowest BCUT2D eigenvalue weighted by Gasteiger charge is -2.34. The molecule has 1 saturated heterocycles. The number of para-hydroxylation sites is 1. The first kappa shape index (κ1) is 14.3. The van der Waals surface area contributed by atoms with E-state index in [9.17, 15) is 0 Å². The first-order valence-electron chi connectivity index (χ1n) is 7.55. The van der Waals surface area contributed by atoms with Gasteiger partial charge in [-0.2, -0.15) is 0 Å². The Morgan fingerprint density at radius 1 is 1.05 bits per heavy atom. The maximum absolute atomic E-state index is 6.01. The summed E-state index contributed by atoms with van der Waals surface area (Å²) in [6.45, 7) is 4.32. The molecule has 1 aliphatic heterocycles. The van der Waals surface area contributed by atoms with Crippen molar-refractivity contribution in [2.45, 2.75) is 25.8 Å². The summed E-state index contributed by atoms with van der Waals surface area (Å²) >= 11 is 6.01. The molecule has 1 aliphatic rings. The Labute approximate surface area is 131 Å². The number of halogens is 1. The molecule has 0 aliphatic carbocycles. The van der Waals surface area contributed by atoms with E-state index in [1.807, 2.05) is 12.1 Å². The summed E-state index contributed by atoms with van der Waals surface area (Å²) in [5, 5.41) is 4.47. The van der Waals surface area contributed by atoms with E-state index in [1.54, 1.807) is 0 Å². The topological polar surface area (TPSA) is 15.3 Å². The van der Waals surface area contributed by atoms with Crippen LogP contribution in [0.2, 0.25) is 5.02 Å². The third-order valence-electron chi connectivity index (χ3n) is 4.16. The monoisotopic (exact) mass is 300 g/mol. The molecule has 1 N–H and O–H groups in total. The minimum absolute atomic E-state index is 0.546. The summed E-state index contributed by atoms with van der Waals surface area (Å²) in [5.41, 5.74) is 3.75. The number of hydrogen-bond donors (Lipinski definition) is 1. The Bertz CT molecular complexity index is 589. The number of hydrogen-bond acceptors (Lipinski definition) is 2. The fourth-order valence-electron chi connectivity index (χ4n) is 2.93. The highest BCUT2D eigenvalue weighted by Gasteiger charge is 2.19. The van der Waals surface area contributed by atoms with Gasteiger partial charge in [-0.25, -0.2) is 0 Å². The highest BCUT2D eigenvalue weighted by molar-refractivity contribution is 6.30. The highest BCUT2D eigenvalue weighted by atomic mass is 35.5. The van der Waals surface area contributed by atoms with Crippen molar-refractivity contribution in [3.8, 4) is 0 Å². The molecule has 0 saturated carbocycles. The predicted octanol–water partition coefficient (Wildman–Crippen LogP) is 4.73. The van der Waals surface area contributed by atoms with Gasteiger partial charge < -0.3 is 10.2 Å². The summed E-state index contributed by atoms with van der Waals surface area (Å²) in [5.74, 6) is 0. The van der Waals surface area contributed by atoms with Crippen LogP contribution in [0.5, 0.6) is 0 Å². The molecule has 0 atom stereocenters. The van der Waals surface area contributed by atoms with E-state index in [4.69, 9.17) is 11.6 Å². The Kier molecular flexibility index (Phi) is 4.35. The summed E-state index contributed by atoms with van der Waals surface area (Å²) in [4.78, 5) is 2.47. The molecule has 0 bridgehead atoms. The lowest BCUT2D eigenvalue weighted by Crippen LogP contribution is -2.39. The third-order valence-corrected chi connectivity index (χ3v) is 4.40. The number of piperidine rings is 1. The second-order valence-electron chi connectivity index (χ2n) is 5.70. The summed E-state index contributed by atoms with van der Waals surface area (Å²) in [7, 11) is 0. The zero-order valence-electron chi connectivity index (χ0n) is 12.3. The lowest BCUT2D eigenvalue weighted by molar-refractivity contribution is 0.526. The number of rotatable bonds is 3. The predicted molar refractivity (Wildman–Crippen MR) is 91.5 cm³/mol. The summed E-state index contributed by atoms with van der Waals surface area (Å²) in [6.07, 6.45) is 2.33. The smallest absolute Gasteiger partial charge is 0.0410 e. The minimum atomic E-state index is 0.546. The van der Waals surface area contributed by atoms with E-state index in [2.05, 4.69) is 53.5 Å². The fraction of sp³-hybridized carbons (Fsp3) is 0.333. The van der Waals surface area contributed by atoms with Crippen molar-refractivity contribution in [1.29, 1.82) is 0 Å². The van der Waals surface area contributed by atoms with Crippen LogP contribution >= 0.6 is 11.6 Å². The Morgan fingerprint density at radius 2 is 1.76 bits per heavy atom. The zero-order chi connectivity index (χ0) is 14.7. The maximum Gasteiger partial charge on any atom is 0.0410 e. The van der Waals surface area contributed by atoms with Crippen molar-refractivity contribution in [1.82, 2.24) is 0 Å². The summed E-state index contributed by atoms with van der Waals surface area (Å²) in [6, 6.07) is 17.3. The SMILES string of the molecule is Cc1cc(Cl)ccc1NC1CCN(c2ccccc2)CC1. The Balaban J connectivity index is 1.59. The van der Waals surface area contributed by atoms with Gasteiger partial charge in [0, 0.05) is 35.5 Å². The Hall–Kier alpha value is -1.67. The van der Waals surface area contributed by atoms with Gasteiger partial charge in [-0.3, -0.25) is 0 Å². The normalized spacial score (nSPS) is 16.0. The molecule has 3 rings (SSSR count). The van der Waals surface area contributed by atoms with Crippen molar-refractivity contribution in [3.05, 3.63) is 59.1 Å². The van der Waals surface area contributed by atoms with Gasteiger partial charge in [0.15, 0.2) is 0 Å². The molecule has 1 fully saturated rings. The van der Waals surface area contributed by atoms with Crippen LogP contribution in [-0.4, -0.2) is 19.1 Å². The lowest BCUT2D eigenvalue weighted by atomic mass is 10.0. The molecular weight excluding hydrogens is 280 g/mol. The van der Waals surface area contributed by atoms with Crippen LogP contribution in [0.15, 0.2) is 48.5 Å². The first-order valence-corrected chi connectivity index (χ1v) is 7.93. The standard InChI is InChI=1S/C18H21ClN2/c1-14-13-15(19)7-8-18(14)20-16-9-11-21(12-10-16)17-5-3-2-4-6-17/h2-8,13,16,20H,9-12H2,1H3. The van der Waals surface area contributed by atoms with Crippen LogP contribution in [0.1, 0.15) is 18.4 Å². The third kappa shape index (κ3) is 3.51. The van der Waals surface area contributed by atoms with Crippen LogP contribution in [0.3, 0.4) is 0 Å². The van der Waals surface area contributed by atoms with E-state index < -0.39 is 0 Å². The second kappa shape index (κ2) is 6.40. The first-order chi connectivity index (χ1) is 10.2. The molecule has 0 aromatic heterocycles. The summed E-state index contributed by atoms with van der Waals surface area (Å²) < 4.78 is 0. The van der Waals surface area contributed by atoms with E-state index >= 15 is 0 Å². The number of benzene rings is 2. The fourth-order valence-corrected chi connectivity index (χ4v) is 3.16. The molecule has 1 heterocycles.